The number of rotatable bonds is 2. The third-order valence-electron chi connectivity index (χ3n) is 5.81. The smallest absolute Gasteiger partial charge is 0.195 e. The molecule has 6 heteroatoms. The Morgan fingerprint density at radius 2 is 2.04 bits per heavy atom. The van der Waals surface area contributed by atoms with E-state index in [1.807, 2.05) is 30.3 Å². The SMILES string of the molecule is CC1(C)c2cc(OC3COC[C@@H]3O)ccc2C(=O)c2c1[nH]c1cc(Br)ccc21. The number of ether oxygens (including phenoxy) is 2. The molecule has 1 aromatic heterocycles. The van der Waals surface area contributed by atoms with E-state index in [1.165, 1.54) is 0 Å². The summed E-state index contributed by atoms with van der Waals surface area (Å²) in [6.45, 7) is 4.87. The third-order valence-corrected chi connectivity index (χ3v) is 6.30. The number of aliphatic hydroxyl groups excluding tert-OH is 1. The van der Waals surface area contributed by atoms with Gasteiger partial charge in [0.1, 0.15) is 18.0 Å². The molecule has 0 radical (unpaired) electrons. The highest BCUT2D eigenvalue weighted by Gasteiger charge is 2.40. The van der Waals surface area contributed by atoms with Gasteiger partial charge in [0.05, 0.1) is 18.8 Å². The standard InChI is InChI=1S/C22H20BrNO4/c1-22(2)15-8-12(28-18-10-27-9-17(18)25)4-6-13(15)20(26)19-14-5-3-11(23)7-16(14)24-21(19)22/h3-8,17-18,24-25H,9-10H2,1-2H3/t17-,18?/m0/s1. The van der Waals surface area contributed by atoms with E-state index in [4.69, 9.17) is 9.47 Å². The molecular weight excluding hydrogens is 422 g/mol. The van der Waals surface area contributed by atoms with Crippen molar-refractivity contribution in [1.82, 2.24) is 4.98 Å². The lowest BCUT2D eigenvalue weighted by Crippen LogP contribution is -2.32. The highest BCUT2D eigenvalue weighted by molar-refractivity contribution is 9.10. The van der Waals surface area contributed by atoms with Gasteiger partial charge in [0.25, 0.3) is 0 Å². The van der Waals surface area contributed by atoms with Crippen molar-refractivity contribution in [3.8, 4) is 5.75 Å². The number of ketones is 1. The maximum Gasteiger partial charge on any atom is 0.195 e. The maximum absolute atomic E-state index is 13.3. The fourth-order valence-electron chi connectivity index (χ4n) is 4.27. The van der Waals surface area contributed by atoms with Crippen LogP contribution in [0.5, 0.6) is 5.75 Å². The summed E-state index contributed by atoms with van der Waals surface area (Å²) in [7, 11) is 0. The van der Waals surface area contributed by atoms with Crippen molar-refractivity contribution in [2.45, 2.75) is 31.5 Å². The number of fused-ring (bicyclic) bond motifs is 4. The van der Waals surface area contributed by atoms with E-state index in [-0.39, 0.29) is 18.5 Å². The predicted molar refractivity (Wildman–Crippen MR) is 109 cm³/mol. The Balaban J connectivity index is 1.63. The zero-order chi connectivity index (χ0) is 19.6. The number of aliphatic hydroxyl groups is 1. The molecule has 2 N–H and O–H groups in total. The number of carbonyl (C=O) groups is 1. The van der Waals surface area contributed by atoms with Gasteiger partial charge in [0, 0.05) is 32.0 Å². The van der Waals surface area contributed by atoms with Gasteiger partial charge in [0.2, 0.25) is 0 Å². The van der Waals surface area contributed by atoms with Gasteiger partial charge in [-0.05, 0) is 35.9 Å². The Hall–Kier alpha value is -2.15. The summed E-state index contributed by atoms with van der Waals surface area (Å²) in [5.41, 5.74) is 3.82. The molecule has 0 bridgehead atoms. The second-order valence-electron chi connectivity index (χ2n) is 7.99. The summed E-state index contributed by atoms with van der Waals surface area (Å²) < 4.78 is 12.2. The first kappa shape index (κ1) is 17.9. The van der Waals surface area contributed by atoms with Crippen LogP contribution in [0, 0.1) is 0 Å². The molecule has 0 saturated carbocycles. The summed E-state index contributed by atoms with van der Waals surface area (Å²) in [5, 5.41) is 10.9. The van der Waals surface area contributed by atoms with Crippen LogP contribution in [0.3, 0.4) is 0 Å². The van der Waals surface area contributed by atoms with E-state index in [9.17, 15) is 9.90 Å². The molecule has 1 aliphatic heterocycles. The summed E-state index contributed by atoms with van der Waals surface area (Å²) in [6.07, 6.45) is -1.02. The van der Waals surface area contributed by atoms with Crippen LogP contribution in [-0.4, -0.2) is 41.3 Å². The van der Waals surface area contributed by atoms with E-state index in [0.717, 1.165) is 32.2 Å². The zero-order valence-corrected chi connectivity index (χ0v) is 17.2. The van der Waals surface area contributed by atoms with E-state index < -0.39 is 11.5 Å². The van der Waals surface area contributed by atoms with Crippen molar-refractivity contribution < 1.29 is 19.4 Å². The lowest BCUT2D eigenvalue weighted by atomic mass is 9.71. The van der Waals surface area contributed by atoms with E-state index in [2.05, 4.69) is 34.8 Å². The van der Waals surface area contributed by atoms with Crippen molar-refractivity contribution in [2.24, 2.45) is 0 Å². The van der Waals surface area contributed by atoms with Crippen LogP contribution in [0.15, 0.2) is 40.9 Å². The van der Waals surface area contributed by atoms with Crippen LogP contribution in [0.4, 0.5) is 0 Å². The van der Waals surface area contributed by atoms with Crippen LogP contribution in [0.25, 0.3) is 10.9 Å². The van der Waals surface area contributed by atoms with Crippen LogP contribution in [0.1, 0.15) is 41.0 Å². The summed E-state index contributed by atoms with van der Waals surface area (Å²) >= 11 is 3.50. The minimum atomic E-state index is -0.635. The largest absolute Gasteiger partial charge is 0.485 e. The van der Waals surface area contributed by atoms with E-state index in [1.54, 1.807) is 6.07 Å². The van der Waals surface area contributed by atoms with E-state index >= 15 is 0 Å². The topological polar surface area (TPSA) is 71.5 Å². The van der Waals surface area contributed by atoms with Crippen LogP contribution >= 0.6 is 15.9 Å². The summed E-state index contributed by atoms with van der Waals surface area (Å²) in [4.78, 5) is 16.8. The molecule has 1 unspecified atom stereocenters. The number of benzene rings is 2. The second-order valence-corrected chi connectivity index (χ2v) is 8.90. The fraction of sp³-hybridized carbons (Fsp3) is 0.318. The average Bonchev–Trinajstić information content (AvgIpc) is 3.24. The molecule has 28 heavy (non-hydrogen) atoms. The molecule has 5 nitrogen and oxygen atoms in total. The Labute approximate surface area is 170 Å². The molecule has 0 spiro atoms. The number of nitrogens with one attached hydrogen (secondary N) is 1. The van der Waals surface area contributed by atoms with Gasteiger partial charge in [-0.3, -0.25) is 4.79 Å². The minimum absolute atomic E-state index is 0.0219. The number of hydrogen-bond acceptors (Lipinski definition) is 4. The van der Waals surface area contributed by atoms with Crippen molar-refractivity contribution in [1.29, 1.82) is 0 Å². The molecule has 5 rings (SSSR count). The lowest BCUT2D eigenvalue weighted by Gasteiger charge is -2.32. The minimum Gasteiger partial charge on any atom is -0.485 e. The van der Waals surface area contributed by atoms with Gasteiger partial charge in [-0.1, -0.05) is 35.8 Å². The molecule has 3 aromatic rings. The highest BCUT2D eigenvalue weighted by Crippen LogP contribution is 2.45. The lowest BCUT2D eigenvalue weighted by molar-refractivity contribution is 0.0732. The molecule has 144 valence electrons. The number of H-pyrrole nitrogens is 1. The molecule has 0 amide bonds. The van der Waals surface area contributed by atoms with Crippen LogP contribution in [-0.2, 0) is 10.2 Å². The molecule has 2 heterocycles. The Kier molecular flexibility index (Phi) is 3.95. The van der Waals surface area contributed by atoms with Gasteiger partial charge >= 0.3 is 0 Å². The van der Waals surface area contributed by atoms with Crippen molar-refractivity contribution in [3.63, 3.8) is 0 Å². The Morgan fingerprint density at radius 3 is 2.79 bits per heavy atom. The van der Waals surface area contributed by atoms with Gasteiger partial charge in [-0.15, -0.1) is 0 Å². The molecule has 1 fully saturated rings. The highest BCUT2D eigenvalue weighted by atomic mass is 79.9. The summed E-state index contributed by atoms with van der Waals surface area (Å²) in [5.74, 6) is 0.658. The monoisotopic (exact) mass is 441 g/mol. The number of hydrogen-bond donors (Lipinski definition) is 2. The number of aromatic amines is 1. The molecule has 1 aliphatic carbocycles. The number of carbonyl (C=O) groups excluding carboxylic acids is 1. The Morgan fingerprint density at radius 1 is 1.21 bits per heavy atom. The molecule has 2 atom stereocenters. The van der Waals surface area contributed by atoms with Gasteiger partial charge in [-0.25, -0.2) is 0 Å². The predicted octanol–water partition coefficient (Wildman–Crippen LogP) is 3.94. The number of aromatic nitrogens is 1. The zero-order valence-electron chi connectivity index (χ0n) is 15.6. The third kappa shape index (κ3) is 2.55. The molecule has 2 aromatic carbocycles. The molecular formula is C22H20BrNO4. The van der Waals surface area contributed by atoms with Gasteiger partial charge in [-0.2, -0.15) is 0 Å². The van der Waals surface area contributed by atoms with E-state index in [0.29, 0.717) is 17.9 Å². The van der Waals surface area contributed by atoms with Crippen molar-refractivity contribution in [3.05, 3.63) is 63.3 Å². The van der Waals surface area contributed by atoms with Crippen molar-refractivity contribution >= 4 is 32.6 Å². The first-order valence-corrected chi connectivity index (χ1v) is 10.1. The normalized spacial score (nSPS) is 22.9. The quantitative estimate of drug-likeness (QED) is 0.631. The van der Waals surface area contributed by atoms with Crippen LogP contribution < -0.4 is 4.74 Å². The van der Waals surface area contributed by atoms with Gasteiger partial charge < -0.3 is 19.6 Å². The number of halogens is 1. The second kappa shape index (κ2) is 6.17. The molecule has 2 aliphatic rings. The van der Waals surface area contributed by atoms with Crippen molar-refractivity contribution in [2.75, 3.05) is 13.2 Å². The first-order valence-electron chi connectivity index (χ1n) is 9.29. The van der Waals surface area contributed by atoms with Gasteiger partial charge in [0.15, 0.2) is 5.78 Å². The Bertz CT molecular complexity index is 1120. The summed E-state index contributed by atoms with van der Waals surface area (Å²) in [6, 6.07) is 11.5. The van der Waals surface area contributed by atoms with Crippen LogP contribution in [0.2, 0.25) is 0 Å². The molecule has 1 saturated heterocycles. The maximum atomic E-state index is 13.3. The first-order chi connectivity index (χ1) is 13.4. The fourth-order valence-corrected chi connectivity index (χ4v) is 4.63. The average molecular weight is 442 g/mol.